The first-order chi connectivity index (χ1) is 13.9. The Balaban J connectivity index is 2.04. The Morgan fingerprint density at radius 2 is 1.67 bits per heavy atom. The predicted molar refractivity (Wildman–Crippen MR) is 109 cm³/mol. The summed E-state index contributed by atoms with van der Waals surface area (Å²) < 4.78 is 45.4. The Bertz CT molecular complexity index is 1060. The van der Waals surface area contributed by atoms with Crippen LogP contribution < -0.4 is 5.32 Å². The maximum absolute atomic E-state index is 13.4. The van der Waals surface area contributed by atoms with Gasteiger partial charge in [0.05, 0.1) is 4.90 Å². The van der Waals surface area contributed by atoms with Gasteiger partial charge >= 0.3 is 6.09 Å². The lowest BCUT2D eigenvalue weighted by Crippen LogP contribution is -2.45. The number of sulfone groups is 1. The number of aryl methyl sites for hydroxylation is 1. The number of aldehydes is 1. The summed E-state index contributed by atoms with van der Waals surface area (Å²) >= 11 is 0. The summed E-state index contributed by atoms with van der Waals surface area (Å²) in [5.41, 5.74) is -1.24. The number of carbonyl (C=O) groups is 2. The van der Waals surface area contributed by atoms with Gasteiger partial charge in [0.15, 0.2) is 9.84 Å². The van der Waals surface area contributed by atoms with Gasteiger partial charge < -0.3 is 14.8 Å². The molecule has 6 nitrogen and oxygen atoms in total. The normalized spacial score (nSPS) is 23.5. The molecule has 1 fully saturated rings. The second-order valence-corrected chi connectivity index (χ2v) is 10.6. The average Bonchev–Trinajstić information content (AvgIpc) is 3.30. The van der Waals surface area contributed by atoms with Crippen molar-refractivity contribution in [1.82, 2.24) is 5.32 Å². The van der Waals surface area contributed by atoms with Crippen LogP contribution in [-0.4, -0.2) is 37.2 Å². The number of halogens is 1. The molecule has 0 radical (unpaired) electrons. The summed E-state index contributed by atoms with van der Waals surface area (Å²) in [5.74, 6) is -1.37. The van der Waals surface area contributed by atoms with Crippen molar-refractivity contribution in [2.75, 3.05) is 0 Å². The van der Waals surface area contributed by atoms with E-state index in [4.69, 9.17) is 4.74 Å². The minimum atomic E-state index is -3.99. The molecule has 1 N–H and O–H groups in total. The van der Waals surface area contributed by atoms with Crippen LogP contribution in [0.25, 0.3) is 0 Å². The lowest BCUT2D eigenvalue weighted by atomic mass is 10.1. The zero-order valence-corrected chi connectivity index (χ0v) is 18.0. The van der Waals surface area contributed by atoms with E-state index in [1.807, 2.05) is 6.92 Å². The molecule has 0 aromatic heterocycles. The Morgan fingerprint density at radius 3 is 2.17 bits per heavy atom. The molecular weight excluding hydrogens is 409 g/mol. The van der Waals surface area contributed by atoms with E-state index in [0.717, 1.165) is 5.56 Å². The highest BCUT2D eigenvalue weighted by molar-refractivity contribution is 7.92. The van der Waals surface area contributed by atoms with Crippen molar-refractivity contribution in [2.45, 2.75) is 54.9 Å². The minimum Gasteiger partial charge on any atom is -0.444 e. The fourth-order valence-electron chi connectivity index (χ4n) is 3.60. The summed E-state index contributed by atoms with van der Waals surface area (Å²) in [5, 5.41) is 1.22. The standard InChI is InChI=1S/C22H24FNO5S/c1-14-5-11-17(12-6-14)30(27,28)19-18(15-7-9-16(23)10-8-15)22(19,13-25)24-20(26)29-21(2,3)4/h5-13,18-19H,1-4H3,(H,24,26)/t18-,19+,22-/m1/s1. The fourth-order valence-corrected chi connectivity index (χ4v) is 5.85. The van der Waals surface area contributed by atoms with Gasteiger partial charge in [-0.05, 0) is 57.5 Å². The summed E-state index contributed by atoms with van der Waals surface area (Å²) in [6.07, 6.45) is -0.468. The van der Waals surface area contributed by atoms with E-state index in [1.54, 1.807) is 32.9 Å². The first kappa shape index (κ1) is 22.0. The van der Waals surface area contributed by atoms with Gasteiger partial charge in [-0.15, -0.1) is 0 Å². The first-order valence-corrected chi connectivity index (χ1v) is 11.0. The molecule has 0 saturated heterocycles. The Hall–Kier alpha value is -2.74. The van der Waals surface area contributed by atoms with Crippen LogP contribution in [0.2, 0.25) is 0 Å². The molecule has 3 atom stereocenters. The first-order valence-electron chi connectivity index (χ1n) is 9.44. The molecule has 0 bridgehead atoms. The third kappa shape index (κ3) is 4.09. The van der Waals surface area contributed by atoms with Gasteiger partial charge in [0, 0.05) is 5.92 Å². The van der Waals surface area contributed by atoms with Gasteiger partial charge in [0.1, 0.15) is 28.5 Å². The zero-order chi connectivity index (χ0) is 22.3. The maximum atomic E-state index is 13.4. The molecular formula is C22H24FNO5S. The Labute approximate surface area is 175 Å². The average molecular weight is 434 g/mol. The molecule has 160 valence electrons. The molecule has 2 aromatic carbocycles. The van der Waals surface area contributed by atoms with Crippen molar-refractivity contribution in [3.8, 4) is 0 Å². The molecule has 1 aliphatic carbocycles. The van der Waals surface area contributed by atoms with Gasteiger partial charge in [-0.25, -0.2) is 17.6 Å². The third-order valence-corrected chi connectivity index (χ3v) is 7.26. The van der Waals surface area contributed by atoms with Gasteiger partial charge in [0.2, 0.25) is 0 Å². The number of benzene rings is 2. The number of hydrogen-bond acceptors (Lipinski definition) is 5. The van der Waals surface area contributed by atoms with E-state index in [1.165, 1.54) is 36.4 Å². The quantitative estimate of drug-likeness (QED) is 0.729. The molecule has 1 saturated carbocycles. The monoisotopic (exact) mass is 433 g/mol. The fraction of sp³-hybridized carbons (Fsp3) is 0.364. The smallest absolute Gasteiger partial charge is 0.408 e. The molecule has 30 heavy (non-hydrogen) atoms. The number of carbonyl (C=O) groups excluding carboxylic acids is 2. The van der Waals surface area contributed by atoms with Gasteiger partial charge in [-0.3, -0.25) is 0 Å². The molecule has 0 spiro atoms. The summed E-state index contributed by atoms with van der Waals surface area (Å²) in [4.78, 5) is 24.6. The van der Waals surface area contributed by atoms with Crippen LogP contribution in [0.5, 0.6) is 0 Å². The van der Waals surface area contributed by atoms with Crippen LogP contribution in [0.3, 0.4) is 0 Å². The molecule has 0 unspecified atom stereocenters. The van der Waals surface area contributed by atoms with Crippen LogP contribution >= 0.6 is 0 Å². The SMILES string of the molecule is Cc1ccc(S(=O)(=O)[C@H]2[C@@H](c3ccc(F)cc3)[C@@]2(C=O)NC(=O)OC(C)(C)C)cc1. The van der Waals surface area contributed by atoms with E-state index in [0.29, 0.717) is 11.8 Å². The summed E-state index contributed by atoms with van der Waals surface area (Å²) in [7, 11) is -3.99. The number of nitrogens with one attached hydrogen (secondary N) is 1. The van der Waals surface area contributed by atoms with Crippen molar-refractivity contribution in [3.63, 3.8) is 0 Å². The molecule has 1 amide bonds. The van der Waals surface area contributed by atoms with E-state index in [-0.39, 0.29) is 4.90 Å². The molecule has 0 heterocycles. The Kier molecular flexibility index (Phi) is 5.49. The van der Waals surface area contributed by atoms with Gasteiger partial charge in [-0.1, -0.05) is 29.8 Å². The highest BCUT2D eigenvalue weighted by atomic mass is 32.2. The van der Waals surface area contributed by atoms with Crippen LogP contribution in [0.4, 0.5) is 9.18 Å². The van der Waals surface area contributed by atoms with E-state index >= 15 is 0 Å². The predicted octanol–water partition coefficient (Wildman–Crippen LogP) is 3.54. The van der Waals surface area contributed by atoms with E-state index < -0.39 is 44.1 Å². The number of amides is 1. The third-order valence-electron chi connectivity index (χ3n) is 5.00. The lowest BCUT2D eigenvalue weighted by molar-refractivity contribution is -0.110. The number of ether oxygens (including phenoxy) is 1. The molecule has 0 aliphatic heterocycles. The molecule has 8 heteroatoms. The minimum absolute atomic E-state index is 0.0416. The topological polar surface area (TPSA) is 89.5 Å². The van der Waals surface area contributed by atoms with Crippen molar-refractivity contribution in [3.05, 3.63) is 65.5 Å². The largest absolute Gasteiger partial charge is 0.444 e. The second kappa shape index (κ2) is 7.50. The maximum Gasteiger partial charge on any atom is 0.408 e. The van der Waals surface area contributed by atoms with E-state index in [2.05, 4.69) is 5.32 Å². The molecule has 2 aromatic rings. The second-order valence-electron chi connectivity index (χ2n) is 8.49. The van der Waals surface area contributed by atoms with Crippen LogP contribution in [0.15, 0.2) is 53.4 Å². The lowest BCUT2D eigenvalue weighted by Gasteiger charge is -2.22. The van der Waals surface area contributed by atoms with Crippen molar-refractivity contribution >= 4 is 22.2 Å². The Morgan fingerprint density at radius 1 is 1.10 bits per heavy atom. The molecule has 3 rings (SSSR count). The summed E-state index contributed by atoms with van der Waals surface area (Å²) in [6, 6.07) is 11.5. The van der Waals surface area contributed by atoms with Crippen LogP contribution in [0, 0.1) is 12.7 Å². The van der Waals surface area contributed by atoms with Gasteiger partial charge in [-0.2, -0.15) is 0 Å². The van der Waals surface area contributed by atoms with Crippen molar-refractivity contribution in [1.29, 1.82) is 0 Å². The van der Waals surface area contributed by atoms with Crippen LogP contribution in [-0.2, 0) is 19.4 Å². The number of alkyl carbamates (subject to hydrolysis) is 1. The summed E-state index contributed by atoms with van der Waals surface area (Å²) in [6.45, 7) is 6.80. The van der Waals surface area contributed by atoms with Crippen molar-refractivity contribution in [2.24, 2.45) is 0 Å². The van der Waals surface area contributed by atoms with Gasteiger partial charge in [0.25, 0.3) is 0 Å². The molecule has 1 aliphatic rings. The van der Waals surface area contributed by atoms with E-state index in [9.17, 15) is 22.4 Å². The number of rotatable bonds is 5. The van der Waals surface area contributed by atoms with Crippen molar-refractivity contribution < 1.29 is 27.1 Å². The zero-order valence-electron chi connectivity index (χ0n) is 17.2. The van der Waals surface area contributed by atoms with Crippen LogP contribution in [0.1, 0.15) is 37.8 Å². The highest BCUT2D eigenvalue weighted by Crippen LogP contribution is 2.56. The number of hydrogen-bond donors (Lipinski definition) is 1. The highest BCUT2D eigenvalue weighted by Gasteiger charge is 2.73.